The molecule has 0 aromatic rings. The van der Waals surface area contributed by atoms with Gasteiger partial charge < -0.3 is 9.47 Å². The molecular weight excluding hydrogens is 332 g/mol. The van der Waals surface area contributed by atoms with Gasteiger partial charge in [-0.25, -0.2) is 0 Å². The van der Waals surface area contributed by atoms with Gasteiger partial charge in [0, 0.05) is 5.75 Å². The lowest BCUT2D eigenvalue weighted by atomic mass is 9.62. The molecule has 0 aliphatic heterocycles. The van der Waals surface area contributed by atoms with Crippen molar-refractivity contribution in [1.29, 1.82) is 0 Å². The van der Waals surface area contributed by atoms with Crippen LogP contribution in [0.4, 0.5) is 0 Å². The molecule has 0 radical (unpaired) electrons. The highest BCUT2D eigenvalue weighted by Crippen LogP contribution is 2.73. The van der Waals surface area contributed by atoms with Gasteiger partial charge in [-0.05, 0) is 92.3 Å². The Balaban J connectivity index is 1.18. The van der Waals surface area contributed by atoms with Crippen molar-refractivity contribution in [1.82, 2.24) is 0 Å². The highest BCUT2D eigenvalue weighted by Gasteiger charge is 2.67. The van der Waals surface area contributed by atoms with Crippen LogP contribution in [0.5, 0.6) is 0 Å². The molecule has 5 saturated carbocycles. The summed E-state index contributed by atoms with van der Waals surface area (Å²) < 4.78 is 11.3. The molecule has 140 valence electrons. The largest absolute Gasteiger partial charge is 0.436 e. The average Bonchev–Trinajstić information content (AvgIpc) is 3.33. The number of esters is 1. The van der Waals surface area contributed by atoms with Crippen molar-refractivity contribution >= 4 is 18.6 Å². The fourth-order valence-electron chi connectivity index (χ4n) is 8.27. The molecule has 5 rings (SSSR count). The van der Waals surface area contributed by atoms with Crippen LogP contribution < -0.4 is 0 Å². The Bertz CT molecular complexity index is 537. The number of ether oxygens (including phenoxy) is 2. The first-order valence-electron chi connectivity index (χ1n) is 10.6. The van der Waals surface area contributed by atoms with Gasteiger partial charge in [0.25, 0.3) is 0 Å². The second kappa shape index (κ2) is 6.44. The molecule has 10 unspecified atom stereocenters. The van der Waals surface area contributed by atoms with E-state index in [4.69, 9.17) is 9.47 Å². The first-order chi connectivity index (χ1) is 12.2. The number of hydrogen-bond donors (Lipinski definition) is 1. The van der Waals surface area contributed by atoms with Gasteiger partial charge in [-0.1, -0.05) is 6.42 Å². The summed E-state index contributed by atoms with van der Waals surface area (Å²) in [5.74, 6) is 9.30. The zero-order valence-electron chi connectivity index (χ0n) is 15.3. The maximum Gasteiger partial charge on any atom is 0.308 e. The van der Waals surface area contributed by atoms with Gasteiger partial charge in [0.2, 0.25) is 0 Å². The van der Waals surface area contributed by atoms with E-state index in [9.17, 15) is 4.79 Å². The maximum atomic E-state index is 11.6. The van der Waals surface area contributed by atoms with E-state index in [1.807, 2.05) is 6.92 Å². The lowest BCUT2D eigenvalue weighted by molar-refractivity contribution is -0.178. The molecule has 5 fully saturated rings. The van der Waals surface area contributed by atoms with E-state index in [2.05, 4.69) is 12.6 Å². The molecule has 0 aromatic carbocycles. The molecular formula is C21H32O3S. The first kappa shape index (κ1) is 16.9. The van der Waals surface area contributed by atoms with Crippen molar-refractivity contribution in [2.75, 3.05) is 12.4 Å². The minimum absolute atomic E-state index is 0.198. The van der Waals surface area contributed by atoms with Crippen molar-refractivity contribution in [3.05, 3.63) is 0 Å². The van der Waals surface area contributed by atoms with Crippen LogP contribution in [0.15, 0.2) is 0 Å². The standard InChI is InChI=1S/C21H32O3S/c1-11(24-19(22)5-6-25)23-10-13-7-12-8-16(13)21-18-9-17(20(12)21)14-3-2-4-15(14)18/h11-18,20-21,25H,2-10H2,1H3. The monoisotopic (exact) mass is 364 g/mol. The van der Waals surface area contributed by atoms with Gasteiger partial charge in [-0.3, -0.25) is 4.79 Å². The number of thiol groups is 1. The molecule has 0 N–H and O–H groups in total. The maximum absolute atomic E-state index is 11.6. The van der Waals surface area contributed by atoms with Gasteiger partial charge in [0.15, 0.2) is 6.29 Å². The molecule has 3 nitrogen and oxygen atoms in total. The Morgan fingerprint density at radius 2 is 1.80 bits per heavy atom. The van der Waals surface area contributed by atoms with Crippen LogP contribution in [0.3, 0.4) is 0 Å². The summed E-state index contributed by atoms with van der Waals surface area (Å²) in [6.07, 6.45) is 8.89. The molecule has 5 aliphatic rings. The summed E-state index contributed by atoms with van der Waals surface area (Å²) in [7, 11) is 0. The zero-order chi connectivity index (χ0) is 17.1. The fourth-order valence-corrected chi connectivity index (χ4v) is 8.46. The van der Waals surface area contributed by atoms with Crippen molar-refractivity contribution < 1.29 is 14.3 Å². The summed E-state index contributed by atoms with van der Waals surface area (Å²) in [6, 6.07) is 0. The minimum Gasteiger partial charge on any atom is -0.436 e. The summed E-state index contributed by atoms with van der Waals surface area (Å²) in [6.45, 7) is 2.64. The number of fused-ring (bicyclic) bond motifs is 12. The van der Waals surface area contributed by atoms with E-state index in [1.165, 1.54) is 32.1 Å². The summed E-state index contributed by atoms with van der Waals surface area (Å²) in [5.41, 5.74) is 0. The third-order valence-electron chi connectivity index (χ3n) is 8.69. The van der Waals surface area contributed by atoms with Crippen LogP contribution in [-0.2, 0) is 14.3 Å². The van der Waals surface area contributed by atoms with Crippen LogP contribution in [0, 0.1) is 53.3 Å². The number of hydrogen-bond acceptors (Lipinski definition) is 4. The van der Waals surface area contributed by atoms with E-state index in [0.717, 1.165) is 54.0 Å². The SMILES string of the molecule is CC(OCC1CC2CC1C1C3CC(C4CCCC43)C21)OC(=O)CCS. The van der Waals surface area contributed by atoms with Crippen molar-refractivity contribution in [2.45, 2.75) is 58.2 Å². The lowest BCUT2D eigenvalue weighted by Gasteiger charge is -2.43. The van der Waals surface area contributed by atoms with Crippen molar-refractivity contribution in [3.63, 3.8) is 0 Å². The number of carbonyl (C=O) groups is 1. The quantitative estimate of drug-likeness (QED) is 0.333. The van der Waals surface area contributed by atoms with E-state index in [-0.39, 0.29) is 5.97 Å². The normalized spacial score (nSPS) is 50.1. The third-order valence-corrected chi connectivity index (χ3v) is 8.91. The lowest BCUT2D eigenvalue weighted by Crippen LogP contribution is -2.40. The predicted molar refractivity (Wildman–Crippen MR) is 99.1 cm³/mol. The third kappa shape index (κ3) is 2.61. The molecule has 0 spiro atoms. The molecule has 0 amide bonds. The van der Waals surface area contributed by atoms with Crippen LogP contribution >= 0.6 is 12.6 Å². The second-order valence-electron chi connectivity index (χ2n) is 9.50. The summed E-state index contributed by atoms with van der Waals surface area (Å²) >= 11 is 4.08. The molecule has 4 bridgehead atoms. The van der Waals surface area contributed by atoms with Crippen LogP contribution in [0.1, 0.15) is 51.9 Å². The van der Waals surface area contributed by atoms with Crippen molar-refractivity contribution in [2.24, 2.45) is 53.3 Å². The summed E-state index contributed by atoms with van der Waals surface area (Å²) in [4.78, 5) is 11.6. The van der Waals surface area contributed by atoms with Crippen molar-refractivity contribution in [3.8, 4) is 0 Å². The molecule has 5 aliphatic carbocycles. The molecule has 0 heterocycles. The van der Waals surface area contributed by atoms with Gasteiger partial charge in [-0.2, -0.15) is 12.6 Å². The Morgan fingerprint density at radius 1 is 1.04 bits per heavy atom. The molecule has 25 heavy (non-hydrogen) atoms. The van der Waals surface area contributed by atoms with Gasteiger partial charge in [-0.15, -0.1) is 0 Å². The minimum atomic E-state index is -0.415. The van der Waals surface area contributed by atoms with Gasteiger partial charge in [0.1, 0.15) is 0 Å². The van der Waals surface area contributed by atoms with E-state index < -0.39 is 6.29 Å². The van der Waals surface area contributed by atoms with E-state index in [0.29, 0.717) is 18.1 Å². The molecule has 10 atom stereocenters. The average molecular weight is 365 g/mol. The predicted octanol–water partition coefficient (Wildman–Crippen LogP) is 4.17. The van der Waals surface area contributed by atoms with Gasteiger partial charge in [0.05, 0.1) is 13.0 Å². The Labute approximate surface area is 157 Å². The smallest absolute Gasteiger partial charge is 0.308 e. The first-order valence-corrected chi connectivity index (χ1v) is 11.2. The Hall–Kier alpha value is -0.220. The van der Waals surface area contributed by atoms with Crippen LogP contribution in [0.2, 0.25) is 0 Å². The highest BCUT2D eigenvalue weighted by molar-refractivity contribution is 7.80. The Kier molecular flexibility index (Phi) is 4.36. The van der Waals surface area contributed by atoms with E-state index in [1.54, 1.807) is 6.42 Å². The van der Waals surface area contributed by atoms with E-state index >= 15 is 0 Å². The molecule has 0 aromatic heterocycles. The summed E-state index contributed by atoms with van der Waals surface area (Å²) in [5, 5.41) is 0. The zero-order valence-corrected chi connectivity index (χ0v) is 16.2. The Morgan fingerprint density at radius 3 is 2.56 bits per heavy atom. The van der Waals surface area contributed by atoms with Gasteiger partial charge >= 0.3 is 5.97 Å². The second-order valence-corrected chi connectivity index (χ2v) is 9.94. The fraction of sp³-hybridized carbons (Fsp3) is 0.952. The highest BCUT2D eigenvalue weighted by atomic mass is 32.1. The van der Waals surface area contributed by atoms with Crippen LogP contribution in [-0.4, -0.2) is 24.6 Å². The number of rotatable bonds is 6. The molecule has 0 saturated heterocycles. The molecule has 4 heteroatoms. The van der Waals surface area contributed by atoms with Crippen LogP contribution in [0.25, 0.3) is 0 Å². The topological polar surface area (TPSA) is 35.5 Å². The number of carbonyl (C=O) groups excluding carboxylic acids is 1.